The highest BCUT2D eigenvalue weighted by Gasteiger charge is 2.26. The van der Waals surface area contributed by atoms with Gasteiger partial charge in [0.25, 0.3) is 0 Å². The highest BCUT2D eigenvalue weighted by molar-refractivity contribution is 5.94. The number of nitrogens with one attached hydrogen (secondary N) is 1. The molecule has 17 heavy (non-hydrogen) atoms. The molecule has 0 saturated heterocycles. The molecule has 0 aromatic heterocycles. The zero-order valence-electron chi connectivity index (χ0n) is 10.1. The summed E-state index contributed by atoms with van der Waals surface area (Å²) in [5, 5.41) is 12.5. The third kappa shape index (κ3) is 2.60. The van der Waals surface area contributed by atoms with Crippen LogP contribution in [0.25, 0.3) is 0 Å². The lowest BCUT2D eigenvalue weighted by atomic mass is 10.00. The zero-order valence-corrected chi connectivity index (χ0v) is 10.1. The van der Waals surface area contributed by atoms with Gasteiger partial charge in [-0.05, 0) is 30.9 Å². The predicted molar refractivity (Wildman–Crippen MR) is 68.4 cm³/mol. The maximum atomic E-state index is 11.1. The van der Waals surface area contributed by atoms with Gasteiger partial charge >= 0.3 is 5.97 Å². The van der Waals surface area contributed by atoms with Gasteiger partial charge in [0.15, 0.2) is 0 Å². The van der Waals surface area contributed by atoms with Gasteiger partial charge in [-0.15, -0.1) is 0 Å². The number of anilines is 1. The van der Waals surface area contributed by atoms with Gasteiger partial charge in [-0.25, -0.2) is 4.79 Å². The summed E-state index contributed by atoms with van der Waals surface area (Å²) in [6, 6.07) is 7.58. The molecule has 0 spiro atoms. The molecule has 0 amide bonds. The van der Waals surface area contributed by atoms with Crippen LogP contribution >= 0.6 is 0 Å². The predicted octanol–water partition coefficient (Wildman–Crippen LogP) is 3.38. The maximum Gasteiger partial charge on any atom is 0.337 e. The van der Waals surface area contributed by atoms with Gasteiger partial charge in [0, 0.05) is 11.7 Å². The Kier molecular flexibility index (Phi) is 3.67. The van der Waals surface area contributed by atoms with Gasteiger partial charge in [0.2, 0.25) is 0 Å². The van der Waals surface area contributed by atoms with Crippen LogP contribution in [0.4, 0.5) is 5.69 Å². The minimum absolute atomic E-state index is 0.370. The van der Waals surface area contributed by atoms with Crippen molar-refractivity contribution in [1.29, 1.82) is 0 Å². The number of hydrogen-bond donors (Lipinski definition) is 2. The zero-order chi connectivity index (χ0) is 12.3. The molecular weight excluding hydrogens is 214 g/mol. The van der Waals surface area contributed by atoms with E-state index in [0.717, 1.165) is 18.5 Å². The number of carboxylic acids is 1. The molecule has 1 aromatic carbocycles. The number of carbonyl (C=O) groups is 1. The molecule has 0 heterocycles. The van der Waals surface area contributed by atoms with E-state index in [9.17, 15) is 4.79 Å². The Morgan fingerprint density at radius 3 is 2.88 bits per heavy atom. The van der Waals surface area contributed by atoms with Crippen molar-refractivity contribution in [3.63, 3.8) is 0 Å². The van der Waals surface area contributed by atoms with Gasteiger partial charge in [-0.1, -0.05) is 31.9 Å². The average Bonchev–Trinajstić information content (AvgIpc) is 2.77. The van der Waals surface area contributed by atoms with Crippen molar-refractivity contribution in [3.05, 3.63) is 29.8 Å². The van der Waals surface area contributed by atoms with E-state index in [1.54, 1.807) is 12.1 Å². The highest BCUT2D eigenvalue weighted by Crippen LogP contribution is 2.31. The summed E-state index contributed by atoms with van der Waals surface area (Å²) in [6.45, 7) is 2.20. The lowest BCUT2D eigenvalue weighted by Gasteiger charge is -2.21. The van der Waals surface area contributed by atoms with Crippen LogP contribution in [0.2, 0.25) is 0 Å². The molecule has 0 radical (unpaired) electrons. The normalized spacial score (nSPS) is 23.6. The van der Waals surface area contributed by atoms with E-state index in [4.69, 9.17) is 5.11 Å². The molecule has 2 unspecified atom stereocenters. The van der Waals surface area contributed by atoms with Crippen LogP contribution in [0.1, 0.15) is 43.0 Å². The van der Waals surface area contributed by atoms with E-state index in [0.29, 0.717) is 17.5 Å². The first-order valence-electron chi connectivity index (χ1n) is 6.31. The van der Waals surface area contributed by atoms with E-state index in [-0.39, 0.29) is 0 Å². The van der Waals surface area contributed by atoms with Gasteiger partial charge in [0.1, 0.15) is 0 Å². The standard InChI is InChI=1S/C14H19NO2/c1-2-10-6-5-9-12(10)15-13-8-4-3-7-11(13)14(16)17/h3-4,7-8,10,12,15H,2,5-6,9H2,1H3,(H,16,17). The van der Waals surface area contributed by atoms with Crippen LogP contribution < -0.4 is 5.32 Å². The van der Waals surface area contributed by atoms with Crippen molar-refractivity contribution in [2.45, 2.75) is 38.6 Å². The summed E-state index contributed by atoms with van der Waals surface area (Å²) >= 11 is 0. The fourth-order valence-electron chi connectivity index (χ4n) is 2.71. The Balaban J connectivity index is 2.15. The summed E-state index contributed by atoms with van der Waals surface area (Å²) in [5.41, 5.74) is 1.12. The maximum absolute atomic E-state index is 11.1. The fourth-order valence-corrected chi connectivity index (χ4v) is 2.71. The quantitative estimate of drug-likeness (QED) is 0.838. The first-order chi connectivity index (χ1) is 8.22. The van der Waals surface area contributed by atoms with E-state index in [2.05, 4.69) is 12.2 Å². The monoisotopic (exact) mass is 233 g/mol. The van der Waals surface area contributed by atoms with Gasteiger partial charge < -0.3 is 10.4 Å². The largest absolute Gasteiger partial charge is 0.478 e. The molecule has 0 aliphatic heterocycles. The van der Waals surface area contributed by atoms with E-state index < -0.39 is 5.97 Å². The topological polar surface area (TPSA) is 49.3 Å². The van der Waals surface area contributed by atoms with Gasteiger partial charge in [-0.3, -0.25) is 0 Å². The summed E-state index contributed by atoms with van der Waals surface area (Å²) < 4.78 is 0. The van der Waals surface area contributed by atoms with Crippen LogP contribution in [0, 0.1) is 5.92 Å². The van der Waals surface area contributed by atoms with Gasteiger partial charge in [-0.2, -0.15) is 0 Å². The van der Waals surface area contributed by atoms with Crippen LogP contribution in [0.5, 0.6) is 0 Å². The molecule has 92 valence electrons. The SMILES string of the molecule is CCC1CCCC1Nc1ccccc1C(=O)O. The van der Waals surface area contributed by atoms with Crippen molar-refractivity contribution in [2.75, 3.05) is 5.32 Å². The fraction of sp³-hybridized carbons (Fsp3) is 0.500. The van der Waals surface area contributed by atoms with Crippen molar-refractivity contribution in [3.8, 4) is 0 Å². The number of benzene rings is 1. The second kappa shape index (κ2) is 5.21. The molecule has 1 aliphatic carbocycles. The molecule has 3 heteroatoms. The average molecular weight is 233 g/mol. The summed E-state index contributed by atoms with van der Waals surface area (Å²) in [4.78, 5) is 11.1. The van der Waals surface area contributed by atoms with Crippen molar-refractivity contribution >= 4 is 11.7 Å². The number of para-hydroxylation sites is 1. The molecule has 2 rings (SSSR count). The summed E-state index contributed by atoms with van der Waals surface area (Å²) in [6.07, 6.45) is 4.80. The first-order valence-corrected chi connectivity index (χ1v) is 6.31. The van der Waals surface area contributed by atoms with Crippen molar-refractivity contribution in [1.82, 2.24) is 0 Å². The lowest BCUT2D eigenvalue weighted by molar-refractivity contribution is 0.0698. The molecule has 3 nitrogen and oxygen atoms in total. The van der Waals surface area contributed by atoms with E-state index in [1.807, 2.05) is 12.1 Å². The molecular formula is C14H19NO2. The first kappa shape index (κ1) is 12.0. The van der Waals surface area contributed by atoms with Crippen LogP contribution in [-0.2, 0) is 0 Å². The summed E-state index contributed by atoms with van der Waals surface area (Å²) in [5.74, 6) is -0.184. The molecule has 1 saturated carbocycles. The minimum Gasteiger partial charge on any atom is -0.478 e. The van der Waals surface area contributed by atoms with Gasteiger partial charge in [0.05, 0.1) is 5.56 Å². The smallest absolute Gasteiger partial charge is 0.337 e. The Morgan fingerprint density at radius 1 is 1.41 bits per heavy atom. The van der Waals surface area contributed by atoms with Crippen molar-refractivity contribution < 1.29 is 9.90 Å². The second-order valence-electron chi connectivity index (χ2n) is 4.70. The number of carboxylic acid groups (broad SMARTS) is 1. The second-order valence-corrected chi connectivity index (χ2v) is 4.70. The summed E-state index contributed by atoms with van der Waals surface area (Å²) in [7, 11) is 0. The lowest BCUT2D eigenvalue weighted by Crippen LogP contribution is -2.24. The molecule has 1 aromatic rings. The third-order valence-electron chi connectivity index (χ3n) is 3.68. The van der Waals surface area contributed by atoms with Crippen LogP contribution in [0.3, 0.4) is 0 Å². The number of aromatic carboxylic acids is 1. The Labute approximate surface area is 102 Å². The molecule has 2 N–H and O–H groups in total. The van der Waals surface area contributed by atoms with Crippen LogP contribution in [0.15, 0.2) is 24.3 Å². The highest BCUT2D eigenvalue weighted by atomic mass is 16.4. The number of rotatable bonds is 4. The molecule has 2 atom stereocenters. The minimum atomic E-state index is -0.862. The van der Waals surface area contributed by atoms with E-state index in [1.165, 1.54) is 12.8 Å². The molecule has 1 aliphatic rings. The third-order valence-corrected chi connectivity index (χ3v) is 3.68. The molecule has 1 fully saturated rings. The number of hydrogen-bond acceptors (Lipinski definition) is 2. The Hall–Kier alpha value is -1.51. The van der Waals surface area contributed by atoms with Crippen LogP contribution in [-0.4, -0.2) is 17.1 Å². The van der Waals surface area contributed by atoms with E-state index >= 15 is 0 Å². The molecule has 0 bridgehead atoms. The van der Waals surface area contributed by atoms with Crippen molar-refractivity contribution in [2.24, 2.45) is 5.92 Å². The Bertz CT molecular complexity index is 403. The Morgan fingerprint density at radius 2 is 2.18 bits per heavy atom.